The number of para-hydroxylation sites is 3. The van der Waals surface area contributed by atoms with Crippen LogP contribution in [0.5, 0.6) is 11.5 Å². The Morgan fingerprint density at radius 2 is 1.55 bits per heavy atom. The molecule has 0 fully saturated rings. The van der Waals surface area contributed by atoms with Crippen LogP contribution < -0.4 is 19.5 Å². The lowest BCUT2D eigenvalue weighted by atomic mass is 10.3. The molecule has 0 aliphatic heterocycles. The zero-order chi connectivity index (χ0) is 22.4. The Labute approximate surface area is 186 Å². The molecule has 0 aliphatic rings. The van der Waals surface area contributed by atoms with Gasteiger partial charge < -0.3 is 14.8 Å². The Hall–Kier alpha value is -3.23. The predicted octanol–water partition coefficient (Wildman–Crippen LogP) is 4.56. The predicted molar refractivity (Wildman–Crippen MR) is 120 cm³/mol. The van der Waals surface area contributed by atoms with Gasteiger partial charge in [0, 0.05) is 5.69 Å². The van der Waals surface area contributed by atoms with Crippen LogP contribution in [0.2, 0.25) is 5.02 Å². The normalized spacial score (nSPS) is 12.0. The van der Waals surface area contributed by atoms with Crippen LogP contribution in [0.3, 0.4) is 0 Å². The standard InChI is InChI=1S/C22H21ClN2O5S/c1-15(30-21-10-6-5-9-20(21)29-2)22(26)24-16-11-13-17(14-12-16)31(27,28)25-19-8-4-3-7-18(19)23/h3-15,25H,1-2H3,(H,24,26)/t15-/m0/s1. The summed E-state index contributed by atoms with van der Waals surface area (Å²) >= 11 is 6.01. The smallest absolute Gasteiger partial charge is 0.265 e. The first kappa shape index (κ1) is 22.5. The highest BCUT2D eigenvalue weighted by molar-refractivity contribution is 7.92. The molecule has 0 saturated heterocycles. The fourth-order valence-corrected chi connectivity index (χ4v) is 3.99. The van der Waals surface area contributed by atoms with Gasteiger partial charge in [-0.25, -0.2) is 8.42 Å². The molecule has 2 N–H and O–H groups in total. The van der Waals surface area contributed by atoms with Gasteiger partial charge in [-0.15, -0.1) is 0 Å². The molecule has 0 radical (unpaired) electrons. The lowest BCUT2D eigenvalue weighted by Crippen LogP contribution is -2.30. The fourth-order valence-electron chi connectivity index (χ4n) is 2.67. The molecule has 31 heavy (non-hydrogen) atoms. The maximum absolute atomic E-state index is 12.6. The van der Waals surface area contributed by atoms with Gasteiger partial charge in [0.15, 0.2) is 17.6 Å². The highest BCUT2D eigenvalue weighted by Crippen LogP contribution is 2.27. The number of sulfonamides is 1. The molecule has 162 valence electrons. The zero-order valence-corrected chi connectivity index (χ0v) is 18.4. The van der Waals surface area contributed by atoms with Crippen molar-refractivity contribution in [2.45, 2.75) is 17.9 Å². The summed E-state index contributed by atoms with van der Waals surface area (Å²) in [5.74, 6) is 0.568. The van der Waals surface area contributed by atoms with Gasteiger partial charge in [-0.1, -0.05) is 35.9 Å². The number of nitrogens with one attached hydrogen (secondary N) is 2. The number of ether oxygens (including phenoxy) is 2. The van der Waals surface area contributed by atoms with Crippen molar-refractivity contribution in [2.75, 3.05) is 17.1 Å². The molecule has 1 amide bonds. The Morgan fingerprint density at radius 1 is 0.935 bits per heavy atom. The van der Waals surface area contributed by atoms with E-state index in [1.807, 2.05) is 0 Å². The molecule has 0 saturated carbocycles. The topological polar surface area (TPSA) is 93.7 Å². The molecule has 3 rings (SSSR count). The number of halogens is 1. The zero-order valence-electron chi connectivity index (χ0n) is 16.8. The van der Waals surface area contributed by atoms with E-state index >= 15 is 0 Å². The van der Waals surface area contributed by atoms with Gasteiger partial charge in [0.1, 0.15) is 0 Å². The number of amides is 1. The van der Waals surface area contributed by atoms with Gasteiger partial charge in [0.25, 0.3) is 15.9 Å². The summed E-state index contributed by atoms with van der Waals surface area (Å²) < 4.78 is 38.5. The maximum atomic E-state index is 12.6. The second-order valence-electron chi connectivity index (χ2n) is 6.51. The van der Waals surface area contributed by atoms with Crippen LogP contribution >= 0.6 is 11.6 Å². The number of hydrogen-bond acceptors (Lipinski definition) is 5. The SMILES string of the molecule is COc1ccccc1O[C@@H](C)C(=O)Nc1ccc(S(=O)(=O)Nc2ccccc2Cl)cc1. The summed E-state index contributed by atoms with van der Waals surface area (Å²) in [6.07, 6.45) is -0.804. The molecular weight excluding hydrogens is 440 g/mol. The molecule has 1 atom stereocenters. The molecule has 0 unspecified atom stereocenters. The summed E-state index contributed by atoms with van der Waals surface area (Å²) in [5.41, 5.74) is 0.709. The number of anilines is 2. The minimum atomic E-state index is -3.83. The summed E-state index contributed by atoms with van der Waals surface area (Å²) in [6.45, 7) is 1.61. The van der Waals surface area contributed by atoms with Crippen molar-refractivity contribution in [1.82, 2.24) is 0 Å². The first-order valence-corrected chi connectivity index (χ1v) is 11.1. The van der Waals surface area contributed by atoms with E-state index in [9.17, 15) is 13.2 Å². The third kappa shape index (κ3) is 5.68. The largest absolute Gasteiger partial charge is 0.493 e. The van der Waals surface area contributed by atoms with Crippen molar-refractivity contribution in [3.05, 3.63) is 77.8 Å². The van der Waals surface area contributed by atoms with Gasteiger partial charge in [0.2, 0.25) is 0 Å². The van der Waals surface area contributed by atoms with Crippen molar-refractivity contribution in [3.63, 3.8) is 0 Å². The second kappa shape index (κ2) is 9.72. The third-order valence-corrected chi connectivity index (χ3v) is 6.00. The van der Waals surface area contributed by atoms with E-state index in [0.717, 1.165) is 0 Å². The van der Waals surface area contributed by atoms with Crippen molar-refractivity contribution in [2.24, 2.45) is 0 Å². The van der Waals surface area contributed by atoms with Crippen LogP contribution in [0.1, 0.15) is 6.92 Å². The van der Waals surface area contributed by atoms with Crippen LogP contribution in [0, 0.1) is 0 Å². The monoisotopic (exact) mass is 460 g/mol. The summed E-state index contributed by atoms with van der Waals surface area (Å²) in [4.78, 5) is 12.5. The van der Waals surface area contributed by atoms with Gasteiger partial charge in [0.05, 0.1) is 22.7 Å². The van der Waals surface area contributed by atoms with Crippen LogP contribution in [0.25, 0.3) is 0 Å². The molecule has 0 aromatic heterocycles. The van der Waals surface area contributed by atoms with Gasteiger partial charge >= 0.3 is 0 Å². The van der Waals surface area contributed by atoms with E-state index in [2.05, 4.69) is 10.0 Å². The van der Waals surface area contributed by atoms with Crippen LogP contribution in [-0.4, -0.2) is 27.5 Å². The molecule has 9 heteroatoms. The Bertz CT molecular complexity index is 1170. The van der Waals surface area contributed by atoms with E-state index in [4.69, 9.17) is 21.1 Å². The van der Waals surface area contributed by atoms with Crippen LogP contribution in [0.4, 0.5) is 11.4 Å². The van der Waals surface area contributed by atoms with E-state index in [1.54, 1.807) is 55.5 Å². The Morgan fingerprint density at radius 3 is 2.19 bits per heavy atom. The van der Waals surface area contributed by atoms with Crippen molar-refractivity contribution in [1.29, 1.82) is 0 Å². The molecule has 3 aromatic carbocycles. The number of benzene rings is 3. The van der Waals surface area contributed by atoms with Crippen LogP contribution in [0.15, 0.2) is 77.7 Å². The minimum Gasteiger partial charge on any atom is -0.493 e. The minimum absolute atomic E-state index is 0.0312. The third-order valence-electron chi connectivity index (χ3n) is 4.29. The number of carbonyl (C=O) groups excluding carboxylic acids is 1. The first-order valence-electron chi connectivity index (χ1n) is 9.28. The average molecular weight is 461 g/mol. The lowest BCUT2D eigenvalue weighted by Gasteiger charge is -2.16. The number of hydrogen-bond donors (Lipinski definition) is 2. The Kier molecular flexibility index (Phi) is 7.04. The summed E-state index contributed by atoms with van der Waals surface area (Å²) in [7, 11) is -2.31. The molecule has 3 aromatic rings. The molecule has 0 bridgehead atoms. The highest BCUT2D eigenvalue weighted by atomic mass is 35.5. The molecule has 0 spiro atoms. The van der Waals surface area contributed by atoms with E-state index in [-0.39, 0.29) is 10.6 Å². The number of carbonyl (C=O) groups is 1. The average Bonchev–Trinajstić information content (AvgIpc) is 2.76. The summed E-state index contributed by atoms with van der Waals surface area (Å²) in [6, 6.07) is 19.3. The van der Waals surface area contributed by atoms with Crippen LogP contribution in [-0.2, 0) is 14.8 Å². The molecule has 0 aliphatic carbocycles. The second-order valence-corrected chi connectivity index (χ2v) is 8.60. The van der Waals surface area contributed by atoms with Crippen molar-refractivity contribution >= 4 is 38.9 Å². The molecule has 0 heterocycles. The number of methoxy groups -OCH3 is 1. The van der Waals surface area contributed by atoms with Gasteiger partial charge in [-0.3, -0.25) is 9.52 Å². The molecule has 7 nitrogen and oxygen atoms in total. The van der Waals surface area contributed by atoms with E-state index in [0.29, 0.717) is 22.2 Å². The van der Waals surface area contributed by atoms with Gasteiger partial charge in [-0.05, 0) is 55.5 Å². The fraction of sp³-hybridized carbons (Fsp3) is 0.136. The first-order chi connectivity index (χ1) is 14.8. The van der Waals surface area contributed by atoms with E-state index in [1.165, 1.54) is 31.4 Å². The Balaban J connectivity index is 1.65. The van der Waals surface area contributed by atoms with Gasteiger partial charge in [-0.2, -0.15) is 0 Å². The lowest BCUT2D eigenvalue weighted by molar-refractivity contribution is -0.122. The molecular formula is C22H21ClN2O5S. The number of rotatable bonds is 8. The van der Waals surface area contributed by atoms with E-state index < -0.39 is 22.0 Å². The summed E-state index contributed by atoms with van der Waals surface area (Å²) in [5, 5.41) is 2.99. The maximum Gasteiger partial charge on any atom is 0.265 e. The quantitative estimate of drug-likeness (QED) is 0.514. The highest BCUT2D eigenvalue weighted by Gasteiger charge is 2.18. The van der Waals surface area contributed by atoms with Crippen molar-refractivity contribution < 1.29 is 22.7 Å². The van der Waals surface area contributed by atoms with Crippen molar-refractivity contribution in [3.8, 4) is 11.5 Å².